The van der Waals surface area contributed by atoms with Gasteiger partial charge in [-0.1, -0.05) is 12.1 Å². The summed E-state index contributed by atoms with van der Waals surface area (Å²) >= 11 is 0. The van der Waals surface area contributed by atoms with Crippen molar-refractivity contribution in [3.8, 4) is 5.75 Å². The number of ether oxygens (including phenoxy) is 1. The summed E-state index contributed by atoms with van der Waals surface area (Å²) in [5.41, 5.74) is 0.987. The van der Waals surface area contributed by atoms with Gasteiger partial charge in [-0.25, -0.2) is 4.39 Å². The highest BCUT2D eigenvalue weighted by atomic mass is 19.1. The Kier molecular flexibility index (Phi) is 5.25. The van der Waals surface area contributed by atoms with Crippen LogP contribution in [0.1, 0.15) is 17.3 Å². The van der Waals surface area contributed by atoms with Gasteiger partial charge >= 0.3 is 0 Å². The first kappa shape index (κ1) is 15.7. The van der Waals surface area contributed by atoms with Crippen molar-refractivity contribution < 1.29 is 18.7 Å². The third-order valence-corrected chi connectivity index (χ3v) is 3.15. The summed E-state index contributed by atoms with van der Waals surface area (Å²) in [6, 6.07) is 12.4. The van der Waals surface area contributed by atoms with E-state index in [-0.39, 0.29) is 18.3 Å². The van der Waals surface area contributed by atoms with Crippen molar-refractivity contribution >= 4 is 17.9 Å². The Bertz CT molecular complexity index is 655. The molecule has 2 aromatic rings. The predicted molar refractivity (Wildman–Crippen MR) is 81.8 cm³/mol. The number of para-hydroxylation sites is 1. The van der Waals surface area contributed by atoms with Crippen LogP contribution in [0.25, 0.3) is 0 Å². The molecule has 5 heteroatoms. The summed E-state index contributed by atoms with van der Waals surface area (Å²) in [6.45, 7) is 2.06. The van der Waals surface area contributed by atoms with E-state index >= 15 is 0 Å². The maximum atomic E-state index is 12.9. The van der Waals surface area contributed by atoms with Gasteiger partial charge in [0.05, 0.1) is 5.56 Å². The van der Waals surface area contributed by atoms with Gasteiger partial charge < -0.3 is 9.64 Å². The Labute approximate surface area is 128 Å². The number of carbonyl (C=O) groups excluding carboxylic acids is 2. The molecular formula is C17H16FNO3. The van der Waals surface area contributed by atoms with Crippen molar-refractivity contribution in [2.24, 2.45) is 0 Å². The second-order valence-corrected chi connectivity index (χ2v) is 4.56. The van der Waals surface area contributed by atoms with E-state index in [9.17, 15) is 14.0 Å². The van der Waals surface area contributed by atoms with E-state index in [0.717, 1.165) is 0 Å². The number of hydrogen-bond donors (Lipinski definition) is 0. The van der Waals surface area contributed by atoms with Crippen LogP contribution in [0.3, 0.4) is 0 Å². The molecule has 22 heavy (non-hydrogen) atoms. The SMILES string of the molecule is CCN(C(=O)COc1ccccc1C=O)c1ccc(F)cc1. The van der Waals surface area contributed by atoms with Crippen LogP contribution in [0.2, 0.25) is 0 Å². The lowest BCUT2D eigenvalue weighted by atomic mass is 10.2. The summed E-state index contributed by atoms with van der Waals surface area (Å²) < 4.78 is 18.4. The molecule has 0 heterocycles. The van der Waals surface area contributed by atoms with Gasteiger partial charge in [0.2, 0.25) is 0 Å². The molecular weight excluding hydrogens is 285 g/mol. The van der Waals surface area contributed by atoms with Crippen LogP contribution >= 0.6 is 0 Å². The first-order valence-corrected chi connectivity index (χ1v) is 6.88. The lowest BCUT2D eigenvalue weighted by Crippen LogP contribution is -2.34. The third-order valence-electron chi connectivity index (χ3n) is 3.15. The molecule has 2 rings (SSSR count). The number of halogens is 1. The van der Waals surface area contributed by atoms with E-state index in [0.29, 0.717) is 29.8 Å². The molecule has 0 aromatic heterocycles. The van der Waals surface area contributed by atoms with Crippen molar-refractivity contribution in [3.05, 3.63) is 59.9 Å². The van der Waals surface area contributed by atoms with Gasteiger partial charge in [0.15, 0.2) is 12.9 Å². The summed E-state index contributed by atoms with van der Waals surface area (Å²) in [5, 5.41) is 0. The molecule has 2 aromatic carbocycles. The molecule has 0 spiro atoms. The number of hydrogen-bond acceptors (Lipinski definition) is 3. The van der Waals surface area contributed by atoms with Gasteiger partial charge in [-0.2, -0.15) is 0 Å². The molecule has 4 nitrogen and oxygen atoms in total. The summed E-state index contributed by atoms with van der Waals surface area (Å²) in [6.07, 6.45) is 0.678. The average molecular weight is 301 g/mol. The molecule has 0 radical (unpaired) electrons. The number of nitrogens with zero attached hydrogens (tertiary/aromatic N) is 1. The normalized spacial score (nSPS) is 10.1. The number of amides is 1. The number of likely N-dealkylation sites (N-methyl/N-ethyl adjacent to an activating group) is 1. The second-order valence-electron chi connectivity index (χ2n) is 4.56. The lowest BCUT2D eigenvalue weighted by molar-refractivity contribution is -0.120. The first-order valence-electron chi connectivity index (χ1n) is 6.88. The highest BCUT2D eigenvalue weighted by molar-refractivity contribution is 5.94. The van der Waals surface area contributed by atoms with E-state index in [2.05, 4.69) is 0 Å². The van der Waals surface area contributed by atoms with E-state index in [1.165, 1.54) is 29.2 Å². The molecule has 0 fully saturated rings. The van der Waals surface area contributed by atoms with Crippen molar-refractivity contribution in [3.63, 3.8) is 0 Å². The predicted octanol–water partition coefficient (Wildman–Crippen LogP) is 3.07. The highest BCUT2D eigenvalue weighted by Gasteiger charge is 2.15. The van der Waals surface area contributed by atoms with Crippen molar-refractivity contribution in [2.75, 3.05) is 18.1 Å². The smallest absolute Gasteiger partial charge is 0.264 e. The van der Waals surface area contributed by atoms with Gasteiger partial charge in [-0.3, -0.25) is 9.59 Å². The monoisotopic (exact) mass is 301 g/mol. The van der Waals surface area contributed by atoms with Crippen LogP contribution in [0.4, 0.5) is 10.1 Å². The number of carbonyl (C=O) groups is 2. The maximum Gasteiger partial charge on any atom is 0.264 e. The number of rotatable bonds is 6. The minimum Gasteiger partial charge on any atom is -0.483 e. The van der Waals surface area contributed by atoms with Crippen LogP contribution in [0.15, 0.2) is 48.5 Å². The van der Waals surface area contributed by atoms with Crippen molar-refractivity contribution in [1.82, 2.24) is 0 Å². The van der Waals surface area contributed by atoms with E-state index in [1.54, 1.807) is 24.3 Å². The second kappa shape index (κ2) is 7.36. The lowest BCUT2D eigenvalue weighted by Gasteiger charge is -2.21. The largest absolute Gasteiger partial charge is 0.483 e. The summed E-state index contributed by atoms with van der Waals surface area (Å²) in [5.74, 6) is -0.265. The standard InChI is InChI=1S/C17H16FNO3/c1-2-19(15-9-7-14(18)8-10-15)17(21)12-22-16-6-4-3-5-13(16)11-20/h3-11H,2,12H2,1H3. The molecule has 0 saturated carbocycles. The highest BCUT2D eigenvalue weighted by Crippen LogP contribution is 2.18. The maximum absolute atomic E-state index is 12.9. The minimum atomic E-state index is -0.358. The number of aldehydes is 1. The van der Waals surface area contributed by atoms with Gasteiger partial charge in [0, 0.05) is 12.2 Å². The fourth-order valence-electron chi connectivity index (χ4n) is 2.05. The van der Waals surface area contributed by atoms with E-state index in [1.807, 2.05) is 6.92 Å². The molecule has 0 bridgehead atoms. The van der Waals surface area contributed by atoms with Crippen molar-refractivity contribution in [2.45, 2.75) is 6.92 Å². The van der Waals surface area contributed by atoms with Crippen LogP contribution in [0, 0.1) is 5.82 Å². The van der Waals surface area contributed by atoms with Gasteiger partial charge in [0.25, 0.3) is 5.91 Å². The molecule has 0 aliphatic rings. The molecule has 0 aliphatic heterocycles. The minimum absolute atomic E-state index is 0.198. The van der Waals surface area contributed by atoms with Crippen LogP contribution in [0.5, 0.6) is 5.75 Å². The molecule has 0 N–H and O–H groups in total. The van der Waals surface area contributed by atoms with Crippen LogP contribution < -0.4 is 9.64 Å². The number of anilines is 1. The van der Waals surface area contributed by atoms with Gasteiger partial charge in [-0.05, 0) is 43.3 Å². The van der Waals surface area contributed by atoms with Crippen LogP contribution in [-0.4, -0.2) is 25.3 Å². The Morgan fingerprint density at radius 1 is 1.18 bits per heavy atom. The summed E-state index contributed by atoms with van der Waals surface area (Å²) in [4.78, 5) is 24.6. The van der Waals surface area contributed by atoms with Crippen LogP contribution in [-0.2, 0) is 4.79 Å². The quantitative estimate of drug-likeness (QED) is 0.770. The Morgan fingerprint density at radius 3 is 2.50 bits per heavy atom. The fourth-order valence-corrected chi connectivity index (χ4v) is 2.05. The average Bonchev–Trinajstić information content (AvgIpc) is 2.55. The molecule has 1 amide bonds. The van der Waals surface area contributed by atoms with E-state index in [4.69, 9.17) is 4.74 Å². The zero-order valence-electron chi connectivity index (χ0n) is 12.2. The van der Waals surface area contributed by atoms with Gasteiger partial charge in [0.1, 0.15) is 11.6 Å². The molecule has 0 unspecified atom stereocenters. The molecule has 114 valence electrons. The van der Waals surface area contributed by atoms with E-state index < -0.39 is 0 Å². The Hall–Kier alpha value is -2.69. The van der Waals surface area contributed by atoms with Crippen molar-refractivity contribution in [1.29, 1.82) is 0 Å². The zero-order chi connectivity index (χ0) is 15.9. The molecule has 0 saturated heterocycles. The molecule has 0 aliphatic carbocycles. The molecule has 0 atom stereocenters. The first-order chi connectivity index (χ1) is 10.7. The zero-order valence-corrected chi connectivity index (χ0v) is 12.2. The topological polar surface area (TPSA) is 46.6 Å². The number of benzene rings is 2. The third kappa shape index (κ3) is 3.69. The van der Waals surface area contributed by atoms with Gasteiger partial charge in [-0.15, -0.1) is 0 Å². The Balaban J connectivity index is 2.06. The Morgan fingerprint density at radius 2 is 1.86 bits per heavy atom. The summed E-state index contributed by atoms with van der Waals surface area (Å²) in [7, 11) is 0. The fraction of sp³-hybridized carbons (Fsp3) is 0.176.